The molecule has 1 unspecified atom stereocenters. The fourth-order valence-electron chi connectivity index (χ4n) is 3.13. The molecule has 1 heterocycles. The molecule has 30 heavy (non-hydrogen) atoms. The summed E-state index contributed by atoms with van der Waals surface area (Å²) in [6, 6.07) is 6.78. The number of benzene rings is 1. The number of nitrogens with one attached hydrogen (secondary N) is 1. The number of hydrogen-bond donors (Lipinski definition) is 2. The Balaban J connectivity index is 2.33. The van der Waals surface area contributed by atoms with Gasteiger partial charge in [0.1, 0.15) is 18.2 Å². The zero-order valence-corrected chi connectivity index (χ0v) is 17.3. The molecule has 164 valence electrons. The van der Waals surface area contributed by atoms with E-state index in [4.69, 9.17) is 10.5 Å². The second-order valence-corrected chi connectivity index (χ2v) is 7.80. The predicted octanol–water partition coefficient (Wildman–Crippen LogP) is 5.09. The van der Waals surface area contributed by atoms with Crippen molar-refractivity contribution < 1.29 is 27.4 Å². The number of rotatable bonds is 7. The van der Waals surface area contributed by atoms with Crippen LogP contribution in [-0.2, 0) is 10.9 Å². The van der Waals surface area contributed by atoms with Crippen LogP contribution in [0.25, 0.3) is 11.1 Å². The molecule has 9 heteroatoms. The highest BCUT2D eigenvalue weighted by molar-refractivity contribution is 5.84. The summed E-state index contributed by atoms with van der Waals surface area (Å²) in [6.07, 6.45) is -3.36. The first kappa shape index (κ1) is 23.5. The van der Waals surface area contributed by atoms with Gasteiger partial charge < -0.3 is 15.2 Å². The van der Waals surface area contributed by atoms with E-state index in [0.717, 1.165) is 6.07 Å². The lowest BCUT2D eigenvalue weighted by atomic mass is 9.93. The van der Waals surface area contributed by atoms with Gasteiger partial charge >= 0.3 is 12.3 Å². The van der Waals surface area contributed by atoms with Gasteiger partial charge in [-0.25, -0.2) is 9.78 Å². The van der Waals surface area contributed by atoms with Gasteiger partial charge in [0.05, 0.1) is 12.7 Å². The van der Waals surface area contributed by atoms with Gasteiger partial charge in [-0.05, 0) is 54.7 Å². The maximum Gasteiger partial charge on any atom is 0.419 e. The summed E-state index contributed by atoms with van der Waals surface area (Å²) in [7, 11) is 1.20. The molecule has 0 spiro atoms. The molecule has 2 rings (SSSR count). The number of nitrogens with two attached hydrogens (primary N) is 1. The van der Waals surface area contributed by atoms with Crippen LogP contribution in [0, 0.1) is 5.92 Å². The zero-order chi connectivity index (χ0) is 22.5. The summed E-state index contributed by atoms with van der Waals surface area (Å²) >= 11 is 0. The van der Waals surface area contributed by atoms with Crippen LogP contribution >= 0.6 is 0 Å². The number of carbonyl (C=O) groups is 1. The lowest BCUT2D eigenvalue weighted by molar-refractivity contribution is -0.139. The van der Waals surface area contributed by atoms with E-state index >= 15 is 0 Å². The molecule has 1 aromatic carbocycles. The number of halogens is 3. The van der Waals surface area contributed by atoms with E-state index < -0.39 is 23.4 Å². The van der Waals surface area contributed by atoms with Crippen LogP contribution in [0.2, 0.25) is 0 Å². The van der Waals surface area contributed by atoms with Gasteiger partial charge in [-0.2, -0.15) is 13.2 Å². The van der Waals surface area contributed by atoms with Crippen molar-refractivity contribution in [2.24, 2.45) is 11.7 Å². The summed E-state index contributed by atoms with van der Waals surface area (Å²) in [5, 5.41) is 2.38. The highest BCUT2D eigenvalue weighted by Crippen LogP contribution is 2.39. The topological polar surface area (TPSA) is 86.5 Å². The van der Waals surface area contributed by atoms with Crippen molar-refractivity contribution in [3.63, 3.8) is 0 Å². The molecule has 0 aliphatic carbocycles. The molecular weight excluding hydrogens is 399 g/mol. The number of hydrogen-bond acceptors (Lipinski definition) is 5. The van der Waals surface area contributed by atoms with Crippen LogP contribution in [-0.4, -0.2) is 30.3 Å². The van der Waals surface area contributed by atoms with Gasteiger partial charge in [0, 0.05) is 11.7 Å². The minimum absolute atomic E-state index is 0.0456. The molecule has 1 aromatic heterocycles. The van der Waals surface area contributed by atoms with Gasteiger partial charge in [0.2, 0.25) is 0 Å². The van der Waals surface area contributed by atoms with E-state index in [9.17, 15) is 18.0 Å². The first-order valence-corrected chi connectivity index (χ1v) is 9.35. The largest absolute Gasteiger partial charge is 0.491 e. The second-order valence-electron chi connectivity index (χ2n) is 7.80. The number of alkyl halides is 3. The van der Waals surface area contributed by atoms with Crippen LogP contribution in [0.3, 0.4) is 0 Å². The molecule has 0 radical (unpaired) electrons. The smallest absolute Gasteiger partial charge is 0.419 e. The van der Waals surface area contributed by atoms with E-state index in [1.165, 1.54) is 37.6 Å². The van der Waals surface area contributed by atoms with Crippen LogP contribution in [0.1, 0.15) is 32.8 Å². The van der Waals surface area contributed by atoms with Crippen molar-refractivity contribution in [2.45, 2.75) is 38.9 Å². The standard InChI is InChI=1S/C21H26F3N3O3/c1-13(2)11-20(3,25)12-30-17-6-5-14(9-16(17)21(22,23)24)15-7-8-26-18(10-15)27-19(28)29-4/h5-10,13H,11-12,25H2,1-4H3,(H,26,27,28). The Bertz CT molecular complexity index is 883. The van der Waals surface area contributed by atoms with Crippen molar-refractivity contribution in [3.05, 3.63) is 42.1 Å². The van der Waals surface area contributed by atoms with Gasteiger partial charge in [0.15, 0.2) is 0 Å². The summed E-state index contributed by atoms with van der Waals surface area (Å²) < 4.78 is 51.0. The monoisotopic (exact) mass is 425 g/mol. The molecule has 0 aliphatic heterocycles. The quantitative estimate of drug-likeness (QED) is 0.645. The molecule has 0 saturated heterocycles. The van der Waals surface area contributed by atoms with E-state index in [2.05, 4.69) is 15.0 Å². The second kappa shape index (κ2) is 9.34. The Morgan fingerprint density at radius 1 is 1.20 bits per heavy atom. The first-order chi connectivity index (χ1) is 13.9. The molecule has 0 aliphatic rings. The van der Waals surface area contributed by atoms with Crippen molar-refractivity contribution >= 4 is 11.9 Å². The Morgan fingerprint density at radius 3 is 2.47 bits per heavy atom. The SMILES string of the molecule is COC(=O)Nc1cc(-c2ccc(OCC(C)(N)CC(C)C)c(C(F)(F)F)c2)ccn1. The highest BCUT2D eigenvalue weighted by Gasteiger charge is 2.35. The third-order valence-corrected chi connectivity index (χ3v) is 4.23. The fraction of sp³-hybridized carbons (Fsp3) is 0.429. The van der Waals surface area contributed by atoms with Gasteiger partial charge in [-0.1, -0.05) is 19.9 Å². The Labute approximate surface area is 173 Å². The third kappa shape index (κ3) is 6.62. The van der Waals surface area contributed by atoms with Gasteiger partial charge in [-0.15, -0.1) is 0 Å². The van der Waals surface area contributed by atoms with Crippen molar-refractivity contribution in [1.29, 1.82) is 0 Å². The van der Waals surface area contributed by atoms with E-state index in [-0.39, 0.29) is 24.1 Å². The van der Waals surface area contributed by atoms with Crippen LogP contribution in [0.15, 0.2) is 36.5 Å². The molecule has 3 N–H and O–H groups in total. The van der Waals surface area contributed by atoms with Crippen LogP contribution < -0.4 is 15.8 Å². The first-order valence-electron chi connectivity index (χ1n) is 9.35. The third-order valence-electron chi connectivity index (χ3n) is 4.23. The average molecular weight is 425 g/mol. The van der Waals surface area contributed by atoms with E-state index in [0.29, 0.717) is 17.5 Å². The van der Waals surface area contributed by atoms with Crippen molar-refractivity contribution in [1.82, 2.24) is 4.98 Å². The normalized spacial score (nSPS) is 13.6. The number of pyridine rings is 1. The molecule has 0 bridgehead atoms. The Kier molecular flexibility index (Phi) is 7.30. The maximum atomic E-state index is 13.7. The summed E-state index contributed by atoms with van der Waals surface area (Å²) in [6.45, 7) is 5.68. The lowest BCUT2D eigenvalue weighted by Gasteiger charge is -2.27. The highest BCUT2D eigenvalue weighted by atomic mass is 19.4. The number of carbonyl (C=O) groups excluding carboxylic acids is 1. The molecular formula is C21H26F3N3O3. The minimum atomic E-state index is -4.62. The summed E-state index contributed by atoms with van der Waals surface area (Å²) in [4.78, 5) is 15.3. The zero-order valence-electron chi connectivity index (χ0n) is 17.3. The number of methoxy groups -OCH3 is 1. The van der Waals surface area contributed by atoms with E-state index in [1.54, 1.807) is 6.92 Å². The van der Waals surface area contributed by atoms with Crippen molar-refractivity contribution in [2.75, 3.05) is 19.0 Å². The molecule has 1 atom stereocenters. The number of aromatic nitrogens is 1. The molecule has 0 saturated carbocycles. The lowest BCUT2D eigenvalue weighted by Crippen LogP contribution is -2.43. The molecule has 6 nitrogen and oxygen atoms in total. The van der Waals surface area contributed by atoms with Crippen LogP contribution in [0.4, 0.5) is 23.8 Å². The summed E-state index contributed by atoms with van der Waals surface area (Å²) in [5.74, 6) is 0.155. The fourth-order valence-corrected chi connectivity index (χ4v) is 3.13. The number of anilines is 1. The Morgan fingerprint density at radius 2 is 1.87 bits per heavy atom. The number of ether oxygens (including phenoxy) is 2. The molecule has 2 aromatic rings. The van der Waals surface area contributed by atoms with Crippen LogP contribution in [0.5, 0.6) is 5.75 Å². The summed E-state index contributed by atoms with van der Waals surface area (Å²) in [5.41, 5.74) is 5.23. The van der Waals surface area contributed by atoms with E-state index in [1.807, 2.05) is 13.8 Å². The maximum absolute atomic E-state index is 13.7. The van der Waals surface area contributed by atoms with Gasteiger partial charge in [0.25, 0.3) is 0 Å². The number of amides is 1. The van der Waals surface area contributed by atoms with Crippen molar-refractivity contribution in [3.8, 4) is 16.9 Å². The predicted molar refractivity (Wildman–Crippen MR) is 108 cm³/mol. The Hall–Kier alpha value is -2.81. The molecule has 1 amide bonds. The average Bonchev–Trinajstić information content (AvgIpc) is 2.64. The number of nitrogens with zero attached hydrogens (tertiary/aromatic N) is 1. The minimum Gasteiger partial charge on any atom is -0.491 e. The molecule has 0 fully saturated rings. The van der Waals surface area contributed by atoms with Gasteiger partial charge in [-0.3, -0.25) is 5.32 Å².